The van der Waals surface area contributed by atoms with Crippen LogP contribution in [0, 0.1) is 11.7 Å². The molecule has 1 aromatic rings. The van der Waals surface area contributed by atoms with Crippen LogP contribution in [0.25, 0.3) is 0 Å². The lowest BCUT2D eigenvalue weighted by Crippen LogP contribution is -2.38. The third-order valence-corrected chi connectivity index (χ3v) is 3.44. The van der Waals surface area contributed by atoms with Crippen molar-refractivity contribution in [2.45, 2.75) is 19.4 Å². The van der Waals surface area contributed by atoms with E-state index in [0.29, 0.717) is 6.54 Å². The van der Waals surface area contributed by atoms with Crippen LogP contribution < -0.4 is 16.4 Å². The fraction of sp³-hybridized carbons (Fsp3) is 0.462. The van der Waals surface area contributed by atoms with Gasteiger partial charge in [-0.15, -0.1) is 0 Å². The van der Waals surface area contributed by atoms with Gasteiger partial charge in [-0.1, -0.05) is 0 Å². The van der Waals surface area contributed by atoms with Gasteiger partial charge in [-0.05, 0) is 36.6 Å². The van der Waals surface area contributed by atoms with E-state index in [-0.39, 0.29) is 17.6 Å². The molecule has 0 radical (unpaired) electrons. The normalized spacial score (nSPS) is 16.9. The molecule has 1 fully saturated rings. The van der Waals surface area contributed by atoms with E-state index >= 15 is 0 Å². The lowest BCUT2D eigenvalue weighted by molar-refractivity contribution is -0.122. The summed E-state index contributed by atoms with van der Waals surface area (Å²) in [6.45, 7) is 1.77. The molecule has 4 nitrogen and oxygen atoms in total. The molecule has 1 saturated heterocycles. The molecule has 0 saturated carbocycles. The average Bonchev–Trinajstić information content (AvgIpc) is 2.38. The number of hydrogen-bond donors (Lipinski definition) is 2. The number of nitrogens with two attached hydrogens (primary N) is 2. The summed E-state index contributed by atoms with van der Waals surface area (Å²) in [5.41, 5.74) is 12.4. The second-order valence-corrected chi connectivity index (χ2v) is 4.69. The van der Waals surface area contributed by atoms with E-state index in [0.717, 1.165) is 37.2 Å². The number of nitrogens with zero attached hydrogens (tertiary/aromatic N) is 1. The van der Waals surface area contributed by atoms with Gasteiger partial charge in [0.15, 0.2) is 0 Å². The van der Waals surface area contributed by atoms with Gasteiger partial charge >= 0.3 is 0 Å². The van der Waals surface area contributed by atoms with Gasteiger partial charge in [0.05, 0.1) is 0 Å². The highest BCUT2D eigenvalue weighted by Crippen LogP contribution is 2.24. The van der Waals surface area contributed by atoms with Crippen molar-refractivity contribution in [2.24, 2.45) is 17.4 Å². The summed E-state index contributed by atoms with van der Waals surface area (Å²) in [6, 6.07) is 4.84. The number of amides is 1. The number of hydrogen-bond acceptors (Lipinski definition) is 3. The summed E-state index contributed by atoms with van der Waals surface area (Å²) in [7, 11) is 0. The van der Waals surface area contributed by atoms with Crippen LogP contribution in [0.1, 0.15) is 18.4 Å². The first kappa shape index (κ1) is 12.8. The first-order valence-corrected chi connectivity index (χ1v) is 6.14. The van der Waals surface area contributed by atoms with E-state index < -0.39 is 0 Å². The van der Waals surface area contributed by atoms with Gasteiger partial charge in [0, 0.05) is 31.2 Å². The summed E-state index contributed by atoms with van der Waals surface area (Å²) in [6.07, 6.45) is 1.45. The van der Waals surface area contributed by atoms with Crippen molar-refractivity contribution in [3.63, 3.8) is 0 Å². The molecule has 1 aliphatic heterocycles. The van der Waals surface area contributed by atoms with Crippen LogP contribution in [-0.2, 0) is 11.3 Å². The standard InChI is InChI=1S/C13H18FN3O/c14-11-5-9(8-15)6-12(7-11)17-3-1-10(2-4-17)13(16)18/h5-7,10H,1-4,8,15H2,(H2,16,18). The third kappa shape index (κ3) is 2.79. The molecule has 5 heteroatoms. The van der Waals surface area contributed by atoms with Gasteiger partial charge in [0.2, 0.25) is 5.91 Å². The molecule has 0 bridgehead atoms. The van der Waals surface area contributed by atoms with E-state index in [1.54, 1.807) is 0 Å². The van der Waals surface area contributed by atoms with Gasteiger partial charge in [-0.3, -0.25) is 4.79 Å². The first-order chi connectivity index (χ1) is 8.60. The maximum atomic E-state index is 13.4. The van der Waals surface area contributed by atoms with Crippen LogP contribution in [0.15, 0.2) is 18.2 Å². The lowest BCUT2D eigenvalue weighted by atomic mass is 9.96. The zero-order valence-electron chi connectivity index (χ0n) is 10.2. The monoisotopic (exact) mass is 251 g/mol. The van der Waals surface area contributed by atoms with Crippen LogP contribution in [0.5, 0.6) is 0 Å². The zero-order valence-corrected chi connectivity index (χ0v) is 10.2. The third-order valence-electron chi connectivity index (χ3n) is 3.44. The lowest BCUT2D eigenvalue weighted by Gasteiger charge is -2.32. The molecule has 18 heavy (non-hydrogen) atoms. The van der Waals surface area contributed by atoms with E-state index in [1.807, 2.05) is 6.07 Å². The van der Waals surface area contributed by atoms with Crippen molar-refractivity contribution in [1.29, 1.82) is 0 Å². The molecule has 2 rings (SSSR count). The minimum absolute atomic E-state index is 0.0520. The number of primary amides is 1. The smallest absolute Gasteiger partial charge is 0.220 e. The van der Waals surface area contributed by atoms with Crippen molar-refractivity contribution in [3.05, 3.63) is 29.6 Å². The number of anilines is 1. The quantitative estimate of drug-likeness (QED) is 0.841. The fourth-order valence-corrected chi connectivity index (χ4v) is 2.36. The summed E-state index contributed by atoms with van der Waals surface area (Å²) in [5, 5.41) is 0. The van der Waals surface area contributed by atoms with Crippen LogP contribution in [0.2, 0.25) is 0 Å². The average molecular weight is 251 g/mol. The summed E-state index contributed by atoms with van der Waals surface area (Å²) >= 11 is 0. The molecule has 98 valence electrons. The Labute approximate surface area is 106 Å². The van der Waals surface area contributed by atoms with Crippen molar-refractivity contribution >= 4 is 11.6 Å². The molecule has 0 spiro atoms. The Balaban J connectivity index is 2.09. The number of rotatable bonds is 3. The zero-order chi connectivity index (χ0) is 13.1. The van der Waals surface area contributed by atoms with Gasteiger partial charge in [0.1, 0.15) is 5.82 Å². The van der Waals surface area contributed by atoms with Crippen molar-refractivity contribution < 1.29 is 9.18 Å². The molecule has 1 amide bonds. The molecular formula is C13H18FN3O. The Morgan fingerprint density at radius 3 is 2.56 bits per heavy atom. The van der Waals surface area contributed by atoms with Crippen LogP contribution in [0.3, 0.4) is 0 Å². The Morgan fingerprint density at radius 2 is 2.00 bits per heavy atom. The fourth-order valence-electron chi connectivity index (χ4n) is 2.36. The Kier molecular flexibility index (Phi) is 3.81. The predicted octanol–water partition coefficient (Wildman–Crippen LogP) is 0.986. The highest BCUT2D eigenvalue weighted by molar-refractivity contribution is 5.77. The molecular weight excluding hydrogens is 233 g/mol. The van der Waals surface area contributed by atoms with E-state index in [1.165, 1.54) is 12.1 Å². The number of carbonyl (C=O) groups excluding carboxylic acids is 1. The largest absolute Gasteiger partial charge is 0.371 e. The molecule has 0 aliphatic carbocycles. The van der Waals surface area contributed by atoms with Crippen LogP contribution >= 0.6 is 0 Å². The number of carbonyl (C=O) groups is 1. The van der Waals surface area contributed by atoms with Crippen molar-refractivity contribution in [3.8, 4) is 0 Å². The Bertz CT molecular complexity index is 442. The van der Waals surface area contributed by atoms with E-state index in [4.69, 9.17) is 11.5 Å². The highest BCUT2D eigenvalue weighted by Gasteiger charge is 2.23. The van der Waals surface area contributed by atoms with Gasteiger partial charge in [-0.25, -0.2) is 4.39 Å². The van der Waals surface area contributed by atoms with Crippen LogP contribution in [-0.4, -0.2) is 19.0 Å². The number of halogens is 1. The maximum Gasteiger partial charge on any atom is 0.220 e. The Hall–Kier alpha value is -1.62. The van der Waals surface area contributed by atoms with Crippen LogP contribution in [0.4, 0.5) is 10.1 Å². The van der Waals surface area contributed by atoms with E-state index in [2.05, 4.69) is 4.90 Å². The topological polar surface area (TPSA) is 72.3 Å². The molecule has 0 atom stereocenters. The molecule has 1 aliphatic rings. The van der Waals surface area contributed by atoms with Crippen molar-refractivity contribution in [2.75, 3.05) is 18.0 Å². The Morgan fingerprint density at radius 1 is 1.33 bits per heavy atom. The molecule has 1 aromatic carbocycles. The SMILES string of the molecule is NCc1cc(F)cc(N2CCC(C(N)=O)CC2)c1. The molecule has 0 aromatic heterocycles. The molecule has 4 N–H and O–H groups in total. The predicted molar refractivity (Wildman–Crippen MR) is 68.4 cm³/mol. The highest BCUT2D eigenvalue weighted by atomic mass is 19.1. The first-order valence-electron chi connectivity index (χ1n) is 6.14. The summed E-state index contributed by atoms with van der Waals surface area (Å²) in [5.74, 6) is -0.565. The summed E-state index contributed by atoms with van der Waals surface area (Å²) < 4.78 is 13.4. The summed E-state index contributed by atoms with van der Waals surface area (Å²) in [4.78, 5) is 13.2. The number of benzene rings is 1. The second-order valence-electron chi connectivity index (χ2n) is 4.69. The number of piperidine rings is 1. The minimum Gasteiger partial charge on any atom is -0.371 e. The minimum atomic E-state index is -0.273. The van der Waals surface area contributed by atoms with E-state index in [9.17, 15) is 9.18 Å². The van der Waals surface area contributed by atoms with Gasteiger partial charge in [-0.2, -0.15) is 0 Å². The molecule has 0 unspecified atom stereocenters. The van der Waals surface area contributed by atoms with Gasteiger partial charge < -0.3 is 16.4 Å². The van der Waals surface area contributed by atoms with Crippen molar-refractivity contribution in [1.82, 2.24) is 0 Å². The van der Waals surface area contributed by atoms with Gasteiger partial charge in [0.25, 0.3) is 0 Å². The maximum absolute atomic E-state index is 13.4. The second kappa shape index (κ2) is 5.35. The molecule has 1 heterocycles.